The molecule has 47 heavy (non-hydrogen) atoms. The topological polar surface area (TPSA) is 112 Å². The quantitative estimate of drug-likeness (QED) is 0.125. The standard InChI is InChI=1S/C34H32N4O5S3.HI/c1-20-15-17-35-28-24(20)37-33(46-28)44-18-16-23-19-45-30-25(36-32(41)43-34(2,3)4)29(39)38(30)26(23)31(40)42-27(21-11-7-5-8-12-21)22-13-9-6-10-14-22;/h5-18,25,27,30H,19H2,1-4H3,(H,36,41);1H/b18-16+;/t25-,30-;/m1./s1. The lowest BCUT2D eigenvalue weighted by Crippen LogP contribution is -3.00. The first-order chi connectivity index (χ1) is 22.1. The van der Waals surface area contributed by atoms with E-state index in [1.165, 1.54) is 28.4 Å². The first kappa shape index (κ1) is 34.9. The Morgan fingerprint density at radius 3 is 2.36 bits per heavy atom. The number of benzene rings is 2. The number of H-pyrrole nitrogens is 1. The number of aromatic amines is 1. The number of β-lactam (4-membered cyclic amide) rings is 1. The van der Waals surface area contributed by atoms with Gasteiger partial charge in [0, 0.05) is 11.8 Å². The van der Waals surface area contributed by atoms with Crippen molar-refractivity contribution in [1.82, 2.24) is 15.2 Å². The molecule has 244 valence electrons. The number of rotatable bonds is 8. The molecule has 13 heteroatoms. The third-order valence-electron chi connectivity index (χ3n) is 7.26. The predicted molar refractivity (Wildman–Crippen MR) is 180 cm³/mol. The number of pyridine rings is 1. The summed E-state index contributed by atoms with van der Waals surface area (Å²) in [5, 5.41) is 4.08. The number of fused-ring (bicyclic) bond motifs is 2. The maximum absolute atomic E-state index is 14.2. The molecule has 2 aromatic carbocycles. The molecular weight excluding hydrogens is 768 g/mol. The van der Waals surface area contributed by atoms with Crippen LogP contribution in [0.5, 0.6) is 0 Å². The molecule has 4 heterocycles. The zero-order valence-corrected chi connectivity index (χ0v) is 30.7. The van der Waals surface area contributed by atoms with Gasteiger partial charge in [0.25, 0.3) is 10.7 Å². The number of halogens is 1. The van der Waals surface area contributed by atoms with E-state index in [0.29, 0.717) is 11.3 Å². The molecule has 0 bridgehead atoms. The number of nitrogens with one attached hydrogen (secondary N) is 2. The molecule has 2 aliphatic rings. The van der Waals surface area contributed by atoms with Crippen LogP contribution in [0.2, 0.25) is 0 Å². The Kier molecular flexibility index (Phi) is 11.0. The van der Waals surface area contributed by atoms with Crippen LogP contribution in [-0.2, 0) is 19.1 Å². The molecule has 0 spiro atoms. The summed E-state index contributed by atoms with van der Waals surface area (Å²) in [6, 6.07) is 20.2. The average molecular weight is 801 g/mol. The Labute approximate surface area is 302 Å². The van der Waals surface area contributed by atoms with Crippen LogP contribution >= 0.6 is 34.9 Å². The molecule has 1 fully saturated rings. The van der Waals surface area contributed by atoms with Gasteiger partial charge in [-0.25, -0.2) is 19.6 Å². The SMILES string of the molecule is Cc1cc[nH+]c2sc(S/C=C/C3=C(C(=O)OC(c4ccccc4)c4ccccc4)N4C(=O)[C@@H](NC(=O)OC(C)(C)C)[C@H]4SC3)nc12.[I-]. The molecule has 2 amide bonds. The molecular formula is C34H33IN4O5S3. The van der Waals surface area contributed by atoms with E-state index in [-0.39, 0.29) is 29.7 Å². The van der Waals surface area contributed by atoms with E-state index >= 15 is 0 Å². The second kappa shape index (κ2) is 14.8. The number of amides is 2. The van der Waals surface area contributed by atoms with Gasteiger partial charge in [0.1, 0.15) is 22.7 Å². The number of hydrogen-bond acceptors (Lipinski definition) is 9. The number of hydrogen-bond donors (Lipinski definition) is 1. The zero-order valence-electron chi connectivity index (χ0n) is 26.1. The van der Waals surface area contributed by atoms with Gasteiger partial charge in [-0.3, -0.25) is 9.69 Å². The van der Waals surface area contributed by atoms with Gasteiger partial charge >= 0.3 is 12.1 Å². The van der Waals surface area contributed by atoms with Crippen LogP contribution in [0.3, 0.4) is 0 Å². The number of aryl methyl sites for hydroxylation is 1. The van der Waals surface area contributed by atoms with E-state index in [1.807, 2.05) is 91.3 Å². The molecule has 0 radical (unpaired) electrons. The van der Waals surface area contributed by atoms with Crippen LogP contribution in [0.25, 0.3) is 10.3 Å². The van der Waals surface area contributed by atoms with E-state index in [9.17, 15) is 14.4 Å². The molecule has 0 unspecified atom stereocenters. The highest BCUT2D eigenvalue weighted by molar-refractivity contribution is 8.03. The van der Waals surface area contributed by atoms with Crippen LogP contribution in [0.15, 0.2) is 100 Å². The highest BCUT2D eigenvalue weighted by Crippen LogP contribution is 2.42. The van der Waals surface area contributed by atoms with E-state index in [2.05, 4.69) is 10.3 Å². The summed E-state index contributed by atoms with van der Waals surface area (Å²) < 4.78 is 12.5. The van der Waals surface area contributed by atoms with Crippen molar-refractivity contribution in [2.45, 2.75) is 55.2 Å². The lowest BCUT2D eigenvalue weighted by molar-refractivity contribution is -0.341. The fourth-order valence-corrected chi connectivity index (χ4v) is 8.32. The highest BCUT2D eigenvalue weighted by atomic mass is 127. The second-order valence-electron chi connectivity index (χ2n) is 11.8. The number of nitrogens with zero attached hydrogens (tertiary/aromatic N) is 2. The molecule has 6 rings (SSSR count). The summed E-state index contributed by atoms with van der Waals surface area (Å²) in [5.41, 5.74) is 3.71. The van der Waals surface area contributed by atoms with Gasteiger partial charge in [-0.15, -0.1) is 11.8 Å². The number of thioether (sulfide) groups is 2. The van der Waals surface area contributed by atoms with E-state index < -0.39 is 41.1 Å². The normalized spacial score (nSPS) is 17.7. The van der Waals surface area contributed by atoms with Crippen molar-refractivity contribution in [3.63, 3.8) is 0 Å². The number of thiazole rings is 1. The maximum Gasteiger partial charge on any atom is 0.408 e. The summed E-state index contributed by atoms with van der Waals surface area (Å²) in [6.45, 7) is 7.29. The van der Waals surface area contributed by atoms with Gasteiger partial charge in [0.05, 0.1) is 0 Å². The fraction of sp³-hybridized carbons (Fsp3) is 0.265. The largest absolute Gasteiger partial charge is 1.00 e. The fourth-order valence-electron chi connectivity index (χ4n) is 5.15. The minimum Gasteiger partial charge on any atom is -1.00 e. The number of carbonyl (C=O) groups is 3. The van der Waals surface area contributed by atoms with Gasteiger partial charge in [-0.05, 0) is 72.8 Å². The van der Waals surface area contributed by atoms with Crippen molar-refractivity contribution < 1.29 is 52.8 Å². The smallest absolute Gasteiger partial charge is 0.408 e. The Bertz CT molecular complexity index is 1800. The van der Waals surface area contributed by atoms with Crippen molar-refractivity contribution in [3.8, 4) is 0 Å². The molecule has 2 atom stereocenters. The van der Waals surface area contributed by atoms with Crippen LogP contribution in [0.1, 0.15) is 43.6 Å². The van der Waals surface area contributed by atoms with Crippen LogP contribution in [0.4, 0.5) is 4.79 Å². The van der Waals surface area contributed by atoms with Crippen LogP contribution in [0, 0.1) is 6.92 Å². The van der Waals surface area contributed by atoms with Crippen molar-refractivity contribution in [2.24, 2.45) is 0 Å². The third kappa shape index (κ3) is 7.85. The minimum atomic E-state index is -0.830. The number of allylic oxidation sites excluding steroid dienone is 1. The Morgan fingerprint density at radius 1 is 1.09 bits per heavy atom. The molecule has 9 nitrogen and oxygen atoms in total. The molecule has 2 aromatic heterocycles. The van der Waals surface area contributed by atoms with Gasteiger partial charge < -0.3 is 38.8 Å². The number of aromatic nitrogens is 2. The summed E-state index contributed by atoms with van der Waals surface area (Å²) in [7, 11) is 0. The number of esters is 1. The average Bonchev–Trinajstić information content (AvgIpc) is 3.46. The predicted octanol–water partition coefficient (Wildman–Crippen LogP) is 3.42. The summed E-state index contributed by atoms with van der Waals surface area (Å²) in [6.07, 6.45) is 2.36. The summed E-state index contributed by atoms with van der Waals surface area (Å²) in [4.78, 5) is 50.7. The number of ether oxygens (including phenoxy) is 2. The zero-order chi connectivity index (χ0) is 32.4. The van der Waals surface area contributed by atoms with Crippen LogP contribution in [-0.4, -0.2) is 50.6 Å². The van der Waals surface area contributed by atoms with Crippen molar-refractivity contribution in [2.75, 3.05) is 5.75 Å². The van der Waals surface area contributed by atoms with Crippen molar-refractivity contribution in [1.29, 1.82) is 0 Å². The molecule has 1 saturated heterocycles. The lowest BCUT2D eigenvalue weighted by atomic mass is 10.0. The Morgan fingerprint density at radius 2 is 1.74 bits per heavy atom. The monoisotopic (exact) mass is 800 g/mol. The van der Waals surface area contributed by atoms with Gasteiger partial charge in [0.15, 0.2) is 22.2 Å². The first-order valence-electron chi connectivity index (χ1n) is 14.7. The van der Waals surface area contributed by atoms with Crippen molar-refractivity contribution in [3.05, 3.63) is 112 Å². The van der Waals surface area contributed by atoms with Crippen molar-refractivity contribution >= 4 is 63.2 Å². The first-order valence-corrected chi connectivity index (χ1v) is 17.4. The summed E-state index contributed by atoms with van der Waals surface area (Å²) in [5.74, 6) is -0.597. The molecule has 4 aromatic rings. The van der Waals surface area contributed by atoms with Gasteiger partial charge in [-0.2, -0.15) is 0 Å². The van der Waals surface area contributed by atoms with Gasteiger partial charge in [0.2, 0.25) is 0 Å². The lowest BCUT2D eigenvalue weighted by Gasteiger charge is -2.49. The number of alkyl carbamates (subject to hydrolysis) is 1. The maximum atomic E-state index is 14.2. The summed E-state index contributed by atoms with van der Waals surface area (Å²) >= 11 is 4.45. The molecule has 2 N–H and O–H groups in total. The minimum absolute atomic E-state index is 0. The molecule has 2 aliphatic heterocycles. The Hall–Kier alpha value is -3.40. The number of carbonyl (C=O) groups excluding carboxylic acids is 3. The van der Waals surface area contributed by atoms with E-state index in [1.54, 1.807) is 32.1 Å². The Balaban J connectivity index is 0.00000433. The van der Waals surface area contributed by atoms with E-state index in [4.69, 9.17) is 14.5 Å². The second-order valence-corrected chi connectivity index (χ2v) is 15.0. The van der Waals surface area contributed by atoms with Gasteiger partial charge in [-0.1, -0.05) is 72.4 Å². The highest BCUT2D eigenvalue weighted by Gasteiger charge is 2.54. The molecule has 0 saturated carbocycles. The molecule has 0 aliphatic carbocycles. The third-order valence-corrected chi connectivity index (χ3v) is 10.4. The van der Waals surface area contributed by atoms with E-state index in [0.717, 1.165) is 31.4 Å². The van der Waals surface area contributed by atoms with Crippen LogP contribution < -0.4 is 34.3 Å².